The highest BCUT2D eigenvalue weighted by Gasteiger charge is 2.27. The predicted octanol–water partition coefficient (Wildman–Crippen LogP) is 1.12. The molecule has 2 N–H and O–H groups in total. The van der Waals surface area contributed by atoms with E-state index in [0.29, 0.717) is 13.1 Å². The number of rotatable bonds is 5. The van der Waals surface area contributed by atoms with Crippen LogP contribution in [0.2, 0.25) is 0 Å². The van der Waals surface area contributed by atoms with E-state index in [-0.39, 0.29) is 36.8 Å². The molecule has 1 heterocycles. The minimum atomic E-state index is 0. The number of halogens is 2. The molecule has 1 saturated heterocycles. The van der Waals surface area contributed by atoms with Gasteiger partial charge < -0.3 is 10.6 Å². The number of carbonyl (C=O) groups is 1. The summed E-state index contributed by atoms with van der Waals surface area (Å²) in [7, 11) is 0. The van der Waals surface area contributed by atoms with E-state index in [4.69, 9.17) is 5.73 Å². The molecule has 1 unspecified atom stereocenters. The maximum absolute atomic E-state index is 12.0. The van der Waals surface area contributed by atoms with Crippen molar-refractivity contribution in [2.45, 2.75) is 32.7 Å². The molecule has 17 heavy (non-hydrogen) atoms. The van der Waals surface area contributed by atoms with Crippen LogP contribution >= 0.6 is 24.8 Å². The maximum atomic E-state index is 12.0. The summed E-state index contributed by atoms with van der Waals surface area (Å²) in [6.07, 6.45) is 2.17. The van der Waals surface area contributed by atoms with E-state index in [1.54, 1.807) is 0 Å². The fourth-order valence-corrected chi connectivity index (χ4v) is 2.14. The van der Waals surface area contributed by atoms with E-state index >= 15 is 0 Å². The van der Waals surface area contributed by atoms with Crippen LogP contribution in [0.1, 0.15) is 26.7 Å². The molecule has 0 bridgehead atoms. The minimum Gasteiger partial charge on any atom is -0.337 e. The van der Waals surface area contributed by atoms with Gasteiger partial charge in [-0.1, -0.05) is 13.8 Å². The molecule has 1 aliphatic rings. The molecule has 6 heteroatoms. The highest BCUT2D eigenvalue weighted by molar-refractivity contribution is 5.85. The summed E-state index contributed by atoms with van der Waals surface area (Å²) < 4.78 is 0. The fraction of sp³-hybridized carbons (Fsp3) is 0.909. The Labute approximate surface area is 117 Å². The lowest BCUT2D eigenvalue weighted by atomic mass is 10.2. The number of hydrogen-bond donors (Lipinski definition) is 1. The SMILES string of the molecule is CCN(CC)CC(=O)N1CCCC1CN.Cl.Cl. The molecule has 1 fully saturated rings. The second-order valence-corrected chi connectivity index (χ2v) is 4.08. The van der Waals surface area contributed by atoms with Gasteiger partial charge in [-0.3, -0.25) is 9.69 Å². The van der Waals surface area contributed by atoms with Gasteiger partial charge in [0.05, 0.1) is 6.54 Å². The van der Waals surface area contributed by atoms with Crippen LogP contribution in [-0.4, -0.2) is 54.5 Å². The Morgan fingerprint density at radius 1 is 1.35 bits per heavy atom. The average Bonchev–Trinajstić information content (AvgIpc) is 2.73. The molecule has 0 aliphatic carbocycles. The zero-order valence-corrected chi connectivity index (χ0v) is 12.4. The van der Waals surface area contributed by atoms with Crippen LogP contribution in [0.25, 0.3) is 0 Å². The van der Waals surface area contributed by atoms with E-state index in [0.717, 1.165) is 32.5 Å². The monoisotopic (exact) mass is 285 g/mol. The Balaban J connectivity index is 0. The Hall–Kier alpha value is -0.0300. The van der Waals surface area contributed by atoms with Crippen molar-refractivity contribution >= 4 is 30.7 Å². The van der Waals surface area contributed by atoms with Gasteiger partial charge in [-0.15, -0.1) is 24.8 Å². The summed E-state index contributed by atoms with van der Waals surface area (Å²) >= 11 is 0. The number of nitrogens with zero attached hydrogens (tertiary/aromatic N) is 2. The topological polar surface area (TPSA) is 49.6 Å². The van der Waals surface area contributed by atoms with Crippen molar-refractivity contribution in [2.24, 2.45) is 5.73 Å². The van der Waals surface area contributed by atoms with Crippen LogP contribution in [0.4, 0.5) is 0 Å². The van der Waals surface area contributed by atoms with Gasteiger partial charge in [-0.05, 0) is 25.9 Å². The van der Waals surface area contributed by atoms with Crippen molar-refractivity contribution in [3.05, 3.63) is 0 Å². The van der Waals surface area contributed by atoms with E-state index in [9.17, 15) is 4.79 Å². The number of amides is 1. The summed E-state index contributed by atoms with van der Waals surface area (Å²) in [6.45, 7) is 8.07. The first-order valence-electron chi connectivity index (χ1n) is 5.94. The summed E-state index contributed by atoms with van der Waals surface area (Å²) in [6, 6.07) is 0.285. The van der Waals surface area contributed by atoms with Gasteiger partial charge in [-0.2, -0.15) is 0 Å². The first kappa shape index (κ1) is 19.3. The van der Waals surface area contributed by atoms with Crippen LogP contribution in [0, 0.1) is 0 Å². The Kier molecular flexibility index (Phi) is 11.3. The van der Waals surface area contributed by atoms with Crippen molar-refractivity contribution in [1.82, 2.24) is 9.80 Å². The van der Waals surface area contributed by atoms with E-state index in [1.807, 2.05) is 4.90 Å². The zero-order chi connectivity index (χ0) is 11.3. The summed E-state index contributed by atoms with van der Waals surface area (Å²) in [5, 5.41) is 0. The Bertz CT molecular complexity index is 213. The maximum Gasteiger partial charge on any atom is 0.237 e. The fourth-order valence-electron chi connectivity index (χ4n) is 2.14. The molecule has 0 saturated carbocycles. The molecule has 4 nitrogen and oxygen atoms in total. The first-order chi connectivity index (χ1) is 7.22. The summed E-state index contributed by atoms with van der Waals surface area (Å²) in [4.78, 5) is 16.1. The minimum absolute atomic E-state index is 0. The third-order valence-corrected chi connectivity index (χ3v) is 3.22. The molecule has 104 valence electrons. The Morgan fingerprint density at radius 3 is 2.41 bits per heavy atom. The second kappa shape index (κ2) is 9.95. The normalized spacial score (nSPS) is 18.8. The Morgan fingerprint density at radius 2 is 1.94 bits per heavy atom. The molecule has 0 radical (unpaired) electrons. The molecule has 1 atom stereocenters. The molecule has 1 rings (SSSR count). The molecular weight excluding hydrogens is 261 g/mol. The van der Waals surface area contributed by atoms with Crippen LogP contribution in [0.15, 0.2) is 0 Å². The van der Waals surface area contributed by atoms with Gasteiger partial charge in [0, 0.05) is 19.1 Å². The molecule has 0 aromatic rings. The first-order valence-corrected chi connectivity index (χ1v) is 5.94. The smallest absolute Gasteiger partial charge is 0.237 e. The van der Waals surface area contributed by atoms with Crippen molar-refractivity contribution in [3.8, 4) is 0 Å². The van der Waals surface area contributed by atoms with Crippen LogP contribution in [0.5, 0.6) is 0 Å². The lowest BCUT2D eigenvalue weighted by Crippen LogP contribution is -2.45. The quantitative estimate of drug-likeness (QED) is 0.824. The number of likely N-dealkylation sites (N-methyl/N-ethyl adjacent to an activating group) is 1. The largest absolute Gasteiger partial charge is 0.337 e. The number of hydrogen-bond acceptors (Lipinski definition) is 3. The van der Waals surface area contributed by atoms with Gasteiger partial charge in [0.15, 0.2) is 0 Å². The molecule has 1 amide bonds. The summed E-state index contributed by atoms with van der Waals surface area (Å²) in [5.74, 6) is 0.242. The standard InChI is InChI=1S/C11H23N3O.2ClH/c1-3-13(4-2)9-11(15)14-7-5-6-10(14)8-12;;/h10H,3-9,12H2,1-2H3;2*1H. The third kappa shape index (κ3) is 5.42. The number of nitrogens with two attached hydrogens (primary N) is 1. The van der Waals surface area contributed by atoms with Crippen molar-refractivity contribution in [3.63, 3.8) is 0 Å². The van der Waals surface area contributed by atoms with Crippen LogP contribution < -0.4 is 5.73 Å². The van der Waals surface area contributed by atoms with Crippen LogP contribution in [-0.2, 0) is 4.79 Å². The zero-order valence-electron chi connectivity index (χ0n) is 10.7. The van der Waals surface area contributed by atoms with Crippen LogP contribution in [0.3, 0.4) is 0 Å². The number of likely N-dealkylation sites (tertiary alicyclic amines) is 1. The van der Waals surface area contributed by atoms with Gasteiger partial charge in [-0.25, -0.2) is 0 Å². The highest BCUT2D eigenvalue weighted by atomic mass is 35.5. The van der Waals surface area contributed by atoms with Crippen molar-refractivity contribution in [1.29, 1.82) is 0 Å². The third-order valence-electron chi connectivity index (χ3n) is 3.22. The van der Waals surface area contributed by atoms with Crippen molar-refractivity contribution < 1.29 is 4.79 Å². The molecule has 0 spiro atoms. The van der Waals surface area contributed by atoms with Gasteiger partial charge in [0.25, 0.3) is 0 Å². The number of carbonyl (C=O) groups excluding carboxylic acids is 1. The van der Waals surface area contributed by atoms with E-state index < -0.39 is 0 Å². The predicted molar refractivity (Wildman–Crippen MR) is 76.1 cm³/mol. The molecule has 0 aromatic heterocycles. The van der Waals surface area contributed by atoms with Gasteiger partial charge >= 0.3 is 0 Å². The van der Waals surface area contributed by atoms with E-state index in [2.05, 4.69) is 18.7 Å². The van der Waals surface area contributed by atoms with E-state index in [1.165, 1.54) is 0 Å². The second-order valence-electron chi connectivity index (χ2n) is 4.08. The van der Waals surface area contributed by atoms with Gasteiger partial charge in [0.2, 0.25) is 5.91 Å². The molecule has 0 aromatic carbocycles. The molecule has 1 aliphatic heterocycles. The average molecular weight is 286 g/mol. The highest BCUT2D eigenvalue weighted by Crippen LogP contribution is 2.16. The molecular formula is C11H25Cl2N3O. The van der Waals surface area contributed by atoms with Gasteiger partial charge in [0.1, 0.15) is 0 Å². The lowest BCUT2D eigenvalue weighted by molar-refractivity contribution is -0.133. The van der Waals surface area contributed by atoms with Crippen molar-refractivity contribution in [2.75, 3.05) is 32.7 Å². The summed E-state index contributed by atoms with van der Waals surface area (Å²) in [5.41, 5.74) is 5.65. The lowest BCUT2D eigenvalue weighted by Gasteiger charge is -2.26.